The fraction of sp³-hybridized carbons (Fsp3) is 0.333. The molecule has 2 aromatic heterocycles. The highest BCUT2D eigenvalue weighted by Crippen LogP contribution is 2.33. The van der Waals surface area contributed by atoms with Crippen LogP contribution in [0.4, 0.5) is 4.39 Å². The van der Waals surface area contributed by atoms with Gasteiger partial charge in [-0.1, -0.05) is 136 Å². The number of hydrogen-bond donors (Lipinski definition) is 4. The number of fused-ring (bicyclic) bond motifs is 1. The zero-order chi connectivity index (χ0) is 49.2. The maximum atomic E-state index is 15.3. The van der Waals surface area contributed by atoms with Crippen LogP contribution in [0.3, 0.4) is 0 Å². The molecule has 5 aromatic carbocycles. The van der Waals surface area contributed by atoms with Crippen molar-refractivity contribution >= 4 is 17.5 Å². The average Bonchev–Trinajstić information content (AvgIpc) is 3.69. The molecule has 1 aliphatic rings. The van der Waals surface area contributed by atoms with Gasteiger partial charge in [0.25, 0.3) is 0 Å². The van der Waals surface area contributed by atoms with Crippen molar-refractivity contribution in [1.29, 1.82) is 0 Å². The first-order valence-corrected chi connectivity index (χ1v) is 25.5. The lowest BCUT2D eigenvalue weighted by molar-refractivity contribution is -0.126. The molecule has 0 spiro atoms. The van der Waals surface area contributed by atoms with Gasteiger partial charge in [-0.2, -0.15) is 0 Å². The molecule has 11 heteroatoms. The van der Waals surface area contributed by atoms with Crippen LogP contribution in [0, 0.1) is 11.7 Å². The molecule has 7 aromatic rings. The molecule has 2 heterocycles. The number of halogens is 1. The summed E-state index contributed by atoms with van der Waals surface area (Å²) in [6, 6.07) is 42.6. The van der Waals surface area contributed by atoms with E-state index in [1.165, 1.54) is 29.2 Å². The van der Waals surface area contributed by atoms with Gasteiger partial charge in [0.05, 0.1) is 18.0 Å². The Morgan fingerprint density at radius 2 is 1.31 bits per heavy atom. The summed E-state index contributed by atoms with van der Waals surface area (Å²) in [5.41, 5.74) is 9.60. The van der Waals surface area contributed by atoms with Gasteiger partial charge in [-0.25, -0.2) is 14.4 Å². The lowest BCUT2D eigenvalue weighted by Crippen LogP contribution is -2.30. The van der Waals surface area contributed by atoms with E-state index in [0.29, 0.717) is 53.8 Å². The van der Waals surface area contributed by atoms with Crippen molar-refractivity contribution in [3.63, 3.8) is 0 Å². The Morgan fingerprint density at radius 1 is 0.662 bits per heavy atom. The number of carbonyl (C=O) groups is 2. The highest BCUT2D eigenvalue weighted by atomic mass is 19.1. The Labute approximate surface area is 417 Å². The summed E-state index contributed by atoms with van der Waals surface area (Å²) in [6.45, 7) is 0.977. The number of nitrogens with zero attached hydrogens (tertiary/aromatic N) is 3. The molecule has 0 fully saturated rings. The van der Waals surface area contributed by atoms with E-state index < -0.39 is 5.82 Å². The van der Waals surface area contributed by atoms with Crippen molar-refractivity contribution < 1.29 is 28.9 Å². The van der Waals surface area contributed by atoms with E-state index in [9.17, 15) is 19.8 Å². The van der Waals surface area contributed by atoms with E-state index in [1.54, 1.807) is 47.0 Å². The first kappa shape index (κ1) is 50.1. The maximum Gasteiger partial charge on any atom is 0.224 e. The zero-order valence-corrected chi connectivity index (χ0v) is 40.6. The molecule has 4 N–H and O–H groups in total. The van der Waals surface area contributed by atoms with E-state index in [-0.39, 0.29) is 48.5 Å². The lowest BCUT2D eigenvalue weighted by atomic mass is 9.80. The standard InChI is InChI=1S/C60H66FN5O5/c61-51-39-46(41-54-60(70)66-42-55(47-28-30-49(67)31-29-47)63-53(59(66)65-54)40-45-23-13-7-14-24-45)27-32-56(51)71-36-18-4-2-1-3-17-35-62-57(68)33-34-58(69)64-52-26-16-8-15-25-48(37-43-19-9-5-10-20-43)50(52)38-44-21-11-6-12-22-44/h5-7,9-14,19-24,27-32,39,42,48,67,70H,1-4,8,15-18,25-26,33-38,40-41H2,(H,62,68)(H,64,69)/b52-50+. The number of phenolic OH excluding ortho intramolecular Hbond substituents is 1. The van der Waals surface area contributed by atoms with Crippen LogP contribution in [0.5, 0.6) is 17.4 Å². The number of unbranched alkanes of at least 4 members (excludes halogenated alkanes) is 5. The van der Waals surface area contributed by atoms with Gasteiger partial charge in [-0.05, 0) is 115 Å². The molecule has 8 rings (SSSR count). The number of allylic oxidation sites excluding steroid dienone is 2. The number of aromatic hydroxyl groups is 2. The first-order valence-electron chi connectivity index (χ1n) is 25.5. The van der Waals surface area contributed by atoms with Gasteiger partial charge in [0.1, 0.15) is 11.4 Å². The molecular weight excluding hydrogens is 890 g/mol. The summed E-state index contributed by atoms with van der Waals surface area (Å²) >= 11 is 0. The smallest absolute Gasteiger partial charge is 0.224 e. The Hall–Kier alpha value is -7.27. The van der Waals surface area contributed by atoms with Gasteiger partial charge in [0.15, 0.2) is 17.2 Å². The van der Waals surface area contributed by atoms with E-state index in [1.807, 2.05) is 36.4 Å². The molecule has 10 nitrogen and oxygen atoms in total. The number of aromatic nitrogens is 3. The fourth-order valence-corrected chi connectivity index (χ4v) is 9.58. The normalized spacial score (nSPS) is 15.0. The molecule has 1 aliphatic carbocycles. The third kappa shape index (κ3) is 14.6. The average molecular weight is 956 g/mol. The highest BCUT2D eigenvalue weighted by molar-refractivity contribution is 5.84. The molecule has 0 radical (unpaired) electrons. The minimum Gasteiger partial charge on any atom is -0.508 e. The number of rotatable bonds is 23. The molecule has 0 saturated heterocycles. The summed E-state index contributed by atoms with van der Waals surface area (Å²) in [7, 11) is 0. The molecule has 2 amide bonds. The predicted octanol–water partition coefficient (Wildman–Crippen LogP) is 12.2. The van der Waals surface area contributed by atoms with Crippen molar-refractivity contribution in [3.05, 3.63) is 190 Å². The lowest BCUT2D eigenvalue weighted by Gasteiger charge is -2.27. The molecule has 1 atom stereocenters. The Bertz CT molecular complexity index is 2850. The molecule has 0 bridgehead atoms. The SMILES string of the molecule is O=C(CCC(=O)N/C1=C(\Cc2ccccc2)C(Cc2ccccc2)CCCCC1)NCCCCCCCCOc1ccc(Cc2nc3c(Cc4ccccc4)nc(-c4ccc(O)cc4)cn3c2O)cc1F. The molecule has 71 heavy (non-hydrogen) atoms. The van der Waals surface area contributed by atoms with Crippen molar-refractivity contribution in [2.75, 3.05) is 13.2 Å². The second kappa shape index (κ2) is 25.5. The van der Waals surface area contributed by atoms with Gasteiger partial charge in [0, 0.05) is 49.7 Å². The van der Waals surface area contributed by atoms with Gasteiger partial charge >= 0.3 is 0 Å². The van der Waals surface area contributed by atoms with Crippen LogP contribution in [-0.4, -0.2) is 49.5 Å². The van der Waals surface area contributed by atoms with Crippen molar-refractivity contribution in [1.82, 2.24) is 25.0 Å². The van der Waals surface area contributed by atoms with E-state index >= 15 is 4.39 Å². The zero-order valence-electron chi connectivity index (χ0n) is 40.6. The fourth-order valence-electron chi connectivity index (χ4n) is 9.58. The molecule has 1 unspecified atom stereocenters. The number of hydrogen-bond acceptors (Lipinski definition) is 7. The number of benzene rings is 5. The largest absolute Gasteiger partial charge is 0.508 e. The summed E-state index contributed by atoms with van der Waals surface area (Å²) < 4.78 is 22.8. The highest BCUT2D eigenvalue weighted by Gasteiger charge is 2.24. The summed E-state index contributed by atoms with van der Waals surface area (Å²) in [5.74, 6) is -0.0358. The maximum absolute atomic E-state index is 15.3. The van der Waals surface area contributed by atoms with Crippen LogP contribution in [0.15, 0.2) is 151 Å². The third-order valence-corrected chi connectivity index (χ3v) is 13.4. The van der Waals surface area contributed by atoms with Crippen LogP contribution >= 0.6 is 0 Å². The molecular formula is C60H66FN5O5. The molecule has 0 saturated carbocycles. The van der Waals surface area contributed by atoms with E-state index in [2.05, 4.69) is 65.2 Å². The Balaban J connectivity index is 0.740. The van der Waals surface area contributed by atoms with E-state index in [4.69, 9.17) is 14.7 Å². The number of carbonyl (C=O) groups excluding carboxylic acids is 2. The predicted molar refractivity (Wildman–Crippen MR) is 278 cm³/mol. The third-order valence-electron chi connectivity index (χ3n) is 13.4. The topological polar surface area (TPSA) is 138 Å². The Morgan fingerprint density at radius 3 is 2.03 bits per heavy atom. The summed E-state index contributed by atoms with van der Waals surface area (Å²) in [6.07, 6.45) is 15.4. The summed E-state index contributed by atoms with van der Waals surface area (Å²) in [4.78, 5) is 35.8. The van der Waals surface area contributed by atoms with Gasteiger partial charge in [-0.15, -0.1) is 0 Å². The van der Waals surface area contributed by atoms with Crippen LogP contribution in [0.25, 0.3) is 16.9 Å². The number of nitrogens with one attached hydrogen (secondary N) is 2. The van der Waals surface area contributed by atoms with E-state index in [0.717, 1.165) is 93.9 Å². The van der Waals surface area contributed by atoms with Gasteiger partial charge in [-0.3, -0.25) is 14.0 Å². The van der Waals surface area contributed by atoms with Crippen LogP contribution in [0.2, 0.25) is 0 Å². The minimum atomic E-state index is -0.470. The number of imidazole rings is 1. The van der Waals surface area contributed by atoms with Crippen LogP contribution < -0.4 is 15.4 Å². The second-order valence-corrected chi connectivity index (χ2v) is 18.8. The summed E-state index contributed by atoms with van der Waals surface area (Å²) in [5, 5.41) is 27.5. The van der Waals surface area contributed by atoms with Crippen molar-refractivity contribution in [2.24, 2.45) is 5.92 Å². The van der Waals surface area contributed by atoms with Gasteiger partial charge in [0.2, 0.25) is 17.7 Å². The van der Waals surface area contributed by atoms with Crippen LogP contribution in [0.1, 0.15) is 117 Å². The first-order chi connectivity index (χ1) is 34.8. The van der Waals surface area contributed by atoms with Crippen molar-refractivity contribution in [3.8, 4) is 28.6 Å². The second-order valence-electron chi connectivity index (χ2n) is 18.8. The number of ether oxygens (including phenoxy) is 1. The number of amides is 2. The van der Waals surface area contributed by atoms with Crippen LogP contribution in [-0.2, 0) is 35.3 Å². The monoisotopic (exact) mass is 956 g/mol. The van der Waals surface area contributed by atoms with Gasteiger partial charge < -0.3 is 25.6 Å². The quantitative estimate of drug-likeness (QED) is 0.0469. The van der Waals surface area contributed by atoms with Crippen molar-refractivity contribution in [2.45, 2.75) is 109 Å². The Kier molecular flexibility index (Phi) is 18.0. The number of phenols is 1. The molecule has 368 valence electrons. The molecule has 0 aliphatic heterocycles. The minimum absolute atomic E-state index is 0.0428.